The first-order chi connectivity index (χ1) is 12.6. The Morgan fingerprint density at radius 1 is 1.33 bits per heavy atom. The maximum atomic E-state index is 12.6. The van der Waals surface area contributed by atoms with Gasteiger partial charge in [-0.05, 0) is 37.6 Å². The van der Waals surface area contributed by atoms with Gasteiger partial charge in [-0.2, -0.15) is 8.78 Å². The molecule has 27 heavy (non-hydrogen) atoms. The third-order valence-corrected chi connectivity index (χ3v) is 4.31. The fourth-order valence-electron chi connectivity index (χ4n) is 2.79. The number of guanidine groups is 1. The summed E-state index contributed by atoms with van der Waals surface area (Å²) in [6.07, 6.45) is 2.56. The number of halogens is 3. The molecule has 154 valence electrons. The molecule has 0 aromatic heterocycles. The maximum Gasteiger partial charge on any atom is 0.387 e. The van der Waals surface area contributed by atoms with Gasteiger partial charge in [0.25, 0.3) is 0 Å². The summed E-state index contributed by atoms with van der Waals surface area (Å²) < 4.78 is 34.9. The van der Waals surface area contributed by atoms with Crippen LogP contribution in [0.5, 0.6) is 11.5 Å². The predicted molar refractivity (Wildman–Crippen MR) is 114 cm³/mol. The number of nitrogens with one attached hydrogen (secondary N) is 2. The first-order valence-corrected chi connectivity index (χ1v) is 8.87. The summed E-state index contributed by atoms with van der Waals surface area (Å²) in [7, 11) is 3.20. The lowest BCUT2D eigenvalue weighted by Crippen LogP contribution is -2.41. The van der Waals surface area contributed by atoms with Crippen molar-refractivity contribution < 1.29 is 18.3 Å². The molecule has 0 heterocycles. The first-order valence-electron chi connectivity index (χ1n) is 8.87. The Morgan fingerprint density at radius 2 is 2.07 bits per heavy atom. The number of alkyl halides is 2. The fourth-order valence-corrected chi connectivity index (χ4v) is 2.79. The SMILES string of the molecule is CCN(CCNC(=NC)NCc1cc(OC)ccc1OC(F)F)C1CC1.I. The zero-order valence-corrected chi connectivity index (χ0v) is 18.3. The lowest BCUT2D eigenvalue weighted by molar-refractivity contribution is -0.0504. The van der Waals surface area contributed by atoms with Crippen LogP contribution in [0.3, 0.4) is 0 Å². The van der Waals surface area contributed by atoms with Gasteiger partial charge in [-0.25, -0.2) is 0 Å². The highest BCUT2D eigenvalue weighted by Gasteiger charge is 2.27. The van der Waals surface area contributed by atoms with Gasteiger partial charge in [-0.15, -0.1) is 24.0 Å². The van der Waals surface area contributed by atoms with Crippen molar-refractivity contribution in [1.29, 1.82) is 0 Å². The van der Waals surface area contributed by atoms with Crippen LogP contribution in [-0.4, -0.2) is 57.3 Å². The number of aliphatic imine (C=N–C) groups is 1. The molecule has 1 aliphatic carbocycles. The van der Waals surface area contributed by atoms with E-state index in [1.54, 1.807) is 19.2 Å². The molecule has 1 fully saturated rings. The number of hydrogen-bond acceptors (Lipinski definition) is 4. The van der Waals surface area contributed by atoms with Crippen molar-refractivity contribution in [1.82, 2.24) is 15.5 Å². The minimum atomic E-state index is -2.87. The predicted octanol–water partition coefficient (Wildman–Crippen LogP) is 3.06. The smallest absolute Gasteiger partial charge is 0.387 e. The molecule has 0 saturated heterocycles. The van der Waals surface area contributed by atoms with Crippen LogP contribution in [0, 0.1) is 0 Å². The van der Waals surface area contributed by atoms with E-state index in [1.807, 2.05) is 0 Å². The highest BCUT2D eigenvalue weighted by molar-refractivity contribution is 14.0. The van der Waals surface area contributed by atoms with Crippen LogP contribution in [0.15, 0.2) is 23.2 Å². The van der Waals surface area contributed by atoms with Gasteiger partial charge in [0, 0.05) is 38.3 Å². The molecule has 1 aromatic carbocycles. The summed E-state index contributed by atoms with van der Waals surface area (Å²) in [4.78, 5) is 6.62. The zero-order chi connectivity index (χ0) is 18.9. The van der Waals surface area contributed by atoms with Gasteiger partial charge in [-0.1, -0.05) is 6.92 Å². The molecule has 1 saturated carbocycles. The largest absolute Gasteiger partial charge is 0.497 e. The number of likely N-dealkylation sites (N-methyl/N-ethyl adjacent to an activating group) is 1. The van der Waals surface area contributed by atoms with Gasteiger partial charge in [0.15, 0.2) is 5.96 Å². The van der Waals surface area contributed by atoms with Crippen LogP contribution in [0.25, 0.3) is 0 Å². The van der Waals surface area contributed by atoms with Crippen molar-refractivity contribution in [3.8, 4) is 11.5 Å². The van der Waals surface area contributed by atoms with Crippen molar-refractivity contribution in [3.63, 3.8) is 0 Å². The number of methoxy groups -OCH3 is 1. The zero-order valence-electron chi connectivity index (χ0n) is 16.0. The van der Waals surface area contributed by atoms with Gasteiger partial charge in [0.05, 0.1) is 7.11 Å². The third kappa shape index (κ3) is 8.04. The normalized spacial score (nSPS) is 14.1. The van der Waals surface area contributed by atoms with Crippen LogP contribution in [0.2, 0.25) is 0 Å². The van der Waals surface area contributed by atoms with Crippen LogP contribution in [-0.2, 0) is 6.54 Å². The van der Waals surface area contributed by atoms with E-state index in [0.717, 1.165) is 25.7 Å². The topological polar surface area (TPSA) is 58.1 Å². The van der Waals surface area contributed by atoms with E-state index in [2.05, 4.69) is 32.2 Å². The van der Waals surface area contributed by atoms with Gasteiger partial charge < -0.3 is 20.1 Å². The second-order valence-corrected chi connectivity index (χ2v) is 6.06. The number of ether oxygens (including phenoxy) is 2. The van der Waals surface area contributed by atoms with Crippen LogP contribution in [0.1, 0.15) is 25.3 Å². The molecule has 9 heteroatoms. The molecule has 0 radical (unpaired) electrons. The van der Waals surface area contributed by atoms with Gasteiger partial charge in [0.2, 0.25) is 0 Å². The molecular formula is C18H29F2IN4O2. The minimum Gasteiger partial charge on any atom is -0.497 e. The van der Waals surface area contributed by atoms with E-state index in [0.29, 0.717) is 23.8 Å². The van der Waals surface area contributed by atoms with Gasteiger partial charge in [-0.3, -0.25) is 9.89 Å². The molecule has 1 aromatic rings. The molecule has 0 bridgehead atoms. The van der Waals surface area contributed by atoms with Crippen molar-refractivity contribution in [2.75, 3.05) is 33.8 Å². The molecule has 2 N–H and O–H groups in total. The van der Waals surface area contributed by atoms with Crippen LogP contribution < -0.4 is 20.1 Å². The summed E-state index contributed by atoms with van der Waals surface area (Å²) in [6, 6.07) is 5.46. The Hall–Kier alpha value is -1.36. The van der Waals surface area contributed by atoms with E-state index >= 15 is 0 Å². The van der Waals surface area contributed by atoms with Crippen molar-refractivity contribution in [3.05, 3.63) is 23.8 Å². The third-order valence-electron chi connectivity index (χ3n) is 4.31. The standard InChI is InChI=1S/C18H28F2N4O2.HI/c1-4-24(14-5-6-14)10-9-22-18(21-2)23-12-13-11-15(25-3)7-8-16(13)26-17(19)20;/h7-8,11,14,17H,4-6,9-10,12H2,1-3H3,(H2,21,22,23);1H. The second-order valence-electron chi connectivity index (χ2n) is 6.06. The van der Waals surface area contributed by atoms with E-state index in [-0.39, 0.29) is 29.7 Å². The molecule has 1 aliphatic rings. The Kier molecular flexibility index (Phi) is 10.7. The number of nitrogens with zero attached hydrogens (tertiary/aromatic N) is 2. The Balaban J connectivity index is 0.00000364. The fraction of sp³-hybridized carbons (Fsp3) is 0.611. The van der Waals surface area contributed by atoms with E-state index < -0.39 is 6.61 Å². The highest BCUT2D eigenvalue weighted by atomic mass is 127. The van der Waals surface area contributed by atoms with Crippen LogP contribution in [0.4, 0.5) is 8.78 Å². The Bertz CT molecular complexity index is 601. The lowest BCUT2D eigenvalue weighted by atomic mass is 10.2. The molecule has 0 atom stereocenters. The van der Waals surface area contributed by atoms with Crippen LogP contribution >= 0.6 is 24.0 Å². The van der Waals surface area contributed by atoms with Crippen molar-refractivity contribution in [2.45, 2.75) is 39.0 Å². The minimum absolute atomic E-state index is 0. The monoisotopic (exact) mass is 498 g/mol. The average Bonchev–Trinajstić information content (AvgIpc) is 3.47. The maximum absolute atomic E-state index is 12.6. The lowest BCUT2D eigenvalue weighted by Gasteiger charge is -2.21. The van der Waals surface area contributed by atoms with E-state index in [4.69, 9.17) is 4.74 Å². The molecule has 0 amide bonds. The molecule has 0 unspecified atom stereocenters. The summed E-state index contributed by atoms with van der Waals surface area (Å²) in [5.74, 6) is 1.31. The van der Waals surface area contributed by atoms with Crippen molar-refractivity contribution >= 4 is 29.9 Å². The first kappa shape index (κ1) is 23.7. The number of rotatable bonds is 10. The van der Waals surface area contributed by atoms with Gasteiger partial charge >= 0.3 is 6.61 Å². The second kappa shape index (κ2) is 12.2. The molecule has 0 spiro atoms. The van der Waals surface area contributed by atoms with Crippen molar-refractivity contribution in [2.24, 2.45) is 4.99 Å². The quantitative estimate of drug-likeness (QED) is 0.295. The molecule has 6 nitrogen and oxygen atoms in total. The summed E-state index contributed by atoms with van der Waals surface area (Å²) in [6.45, 7) is 2.33. The summed E-state index contributed by atoms with van der Waals surface area (Å²) >= 11 is 0. The van der Waals surface area contributed by atoms with Gasteiger partial charge in [0.1, 0.15) is 11.5 Å². The Morgan fingerprint density at radius 3 is 2.63 bits per heavy atom. The van der Waals surface area contributed by atoms with E-state index in [1.165, 1.54) is 26.0 Å². The number of benzene rings is 1. The molecule has 2 rings (SSSR count). The average molecular weight is 498 g/mol. The number of hydrogen-bond donors (Lipinski definition) is 2. The summed E-state index contributed by atoms with van der Waals surface area (Å²) in [5, 5.41) is 6.38. The molecular weight excluding hydrogens is 469 g/mol. The highest BCUT2D eigenvalue weighted by Crippen LogP contribution is 2.26. The Labute approximate surface area is 176 Å². The summed E-state index contributed by atoms with van der Waals surface area (Å²) in [5.41, 5.74) is 0.570. The van der Waals surface area contributed by atoms with E-state index in [9.17, 15) is 8.78 Å². The molecule has 0 aliphatic heterocycles.